The maximum Gasteiger partial charge on any atom is 0.284 e. The average Bonchev–Trinajstić information content (AvgIpc) is 3.21. The summed E-state index contributed by atoms with van der Waals surface area (Å²) in [7, 11) is 2.89. The van der Waals surface area contributed by atoms with Crippen molar-refractivity contribution in [2.45, 2.75) is 0 Å². The van der Waals surface area contributed by atoms with Crippen molar-refractivity contribution in [3.63, 3.8) is 0 Å². The van der Waals surface area contributed by atoms with Crippen molar-refractivity contribution in [3.05, 3.63) is 74.4 Å². The van der Waals surface area contributed by atoms with Gasteiger partial charge in [0.1, 0.15) is 23.0 Å². The van der Waals surface area contributed by atoms with Crippen molar-refractivity contribution in [3.8, 4) is 22.8 Å². The molecule has 0 aliphatic rings. The van der Waals surface area contributed by atoms with Gasteiger partial charge in [-0.1, -0.05) is 15.9 Å². The second kappa shape index (κ2) is 9.23. The summed E-state index contributed by atoms with van der Waals surface area (Å²) in [4.78, 5) is 23.2. The van der Waals surface area contributed by atoms with Crippen molar-refractivity contribution < 1.29 is 23.6 Å². The number of nitrogens with zero attached hydrogens (tertiary/aromatic N) is 2. The van der Waals surface area contributed by atoms with Crippen molar-refractivity contribution in [1.82, 2.24) is 5.43 Å². The molecule has 0 aliphatic heterocycles. The fourth-order valence-corrected chi connectivity index (χ4v) is 3.00. The lowest BCUT2D eigenvalue weighted by Gasteiger charge is -2.07. The van der Waals surface area contributed by atoms with Gasteiger partial charge in [0.2, 0.25) is 0 Å². The second-order valence-corrected chi connectivity index (χ2v) is 6.80. The molecule has 2 aromatic carbocycles. The lowest BCUT2D eigenvalue weighted by Crippen LogP contribution is -2.18. The van der Waals surface area contributed by atoms with E-state index in [1.54, 1.807) is 36.4 Å². The number of rotatable bonds is 7. The molecule has 1 aromatic heterocycles. The molecular weight excluding hydrogens is 458 g/mol. The Morgan fingerprint density at radius 1 is 1.17 bits per heavy atom. The van der Waals surface area contributed by atoms with Crippen LogP contribution in [0.1, 0.15) is 16.1 Å². The lowest BCUT2D eigenvalue weighted by atomic mass is 10.1. The molecule has 10 heteroatoms. The monoisotopic (exact) mass is 473 g/mol. The van der Waals surface area contributed by atoms with E-state index in [4.69, 9.17) is 13.9 Å². The molecule has 0 atom stereocenters. The minimum absolute atomic E-state index is 0.151. The quantitative estimate of drug-likeness (QED) is 0.308. The van der Waals surface area contributed by atoms with Gasteiger partial charge in [0.05, 0.1) is 42.6 Å². The van der Waals surface area contributed by atoms with E-state index >= 15 is 0 Å². The highest BCUT2D eigenvalue weighted by Gasteiger charge is 2.19. The van der Waals surface area contributed by atoms with E-state index in [9.17, 15) is 14.9 Å². The number of halogens is 1. The summed E-state index contributed by atoms with van der Waals surface area (Å²) in [5.41, 5.74) is 2.84. The van der Waals surface area contributed by atoms with Crippen molar-refractivity contribution in [2.24, 2.45) is 5.10 Å². The van der Waals surface area contributed by atoms with Gasteiger partial charge in [-0.2, -0.15) is 5.10 Å². The van der Waals surface area contributed by atoms with Crippen LogP contribution in [0.4, 0.5) is 5.69 Å². The van der Waals surface area contributed by atoms with E-state index in [1.807, 2.05) is 0 Å². The van der Waals surface area contributed by atoms with E-state index in [0.717, 1.165) is 0 Å². The summed E-state index contributed by atoms with van der Waals surface area (Å²) >= 11 is 3.30. The molecule has 1 N–H and O–H groups in total. The van der Waals surface area contributed by atoms with Crippen LogP contribution < -0.4 is 14.9 Å². The van der Waals surface area contributed by atoms with Crippen LogP contribution in [-0.2, 0) is 0 Å². The number of carbonyl (C=O) groups is 1. The first kappa shape index (κ1) is 21.1. The minimum Gasteiger partial charge on any atom is -0.497 e. The third kappa shape index (κ3) is 4.66. The highest BCUT2D eigenvalue weighted by molar-refractivity contribution is 9.10. The summed E-state index contributed by atoms with van der Waals surface area (Å²) in [5, 5.41) is 15.2. The molecule has 0 bridgehead atoms. The van der Waals surface area contributed by atoms with Crippen LogP contribution >= 0.6 is 15.9 Å². The van der Waals surface area contributed by atoms with E-state index in [2.05, 4.69) is 26.5 Å². The number of hydrazone groups is 1. The largest absolute Gasteiger partial charge is 0.497 e. The third-order valence-corrected chi connectivity index (χ3v) is 4.55. The van der Waals surface area contributed by atoms with Gasteiger partial charge in [-0.25, -0.2) is 5.43 Å². The Morgan fingerprint density at radius 2 is 1.97 bits per heavy atom. The zero-order chi connectivity index (χ0) is 21.7. The Labute approximate surface area is 179 Å². The highest BCUT2D eigenvalue weighted by atomic mass is 79.9. The van der Waals surface area contributed by atoms with Crippen LogP contribution in [0.5, 0.6) is 11.5 Å². The molecule has 1 amide bonds. The van der Waals surface area contributed by atoms with Gasteiger partial charge in [-0.15, -0.1) is 0 Å². The molecule has 0 fully saturated rings. The van der Waals surface area contributed by atoms with Crippen LogP contribution in [0.15, 0.2) is 62.5 Å². The molecule has 0 unspecified atom stereocenters. The normalized spacial score (nSPS) is 10.8. The summed E-state index contributed by atoms with van der Waals surface area (Å²) in [6.45, 7) is 0. The van der Waals surface area contributed by atoms with Gasteiger partial charge in [-0.3, -0.25) is 14.9 Å². The van der Waals surface area contributed by atoms with E-state index in [0.29, 0.717) is 32.9 Å². The summed E-state index contributed by atoms with van der Waals surface area (Å²) in [5.74, 6) is 0.881. The zero-order valence-corrected chi connectivity index (χ0v) is 17.5. The number of hydrogen-bond acceptors (Lipinski definition) is 7. The second-order valence-electron chi connectivity index (χ2n) is 5.89. The Morgan fingerprint density at radius 3 is 2.67 bits per heavy atom. The summed E-state index contributed by atoms with van der Waals surface area (Å²) < 4.78 is 16.5. The summed E-state index contributed by atoms with van der Waals surface area (Å²) in [6, 6.07) is 12.6. The summed E-state index contributed by atoms with van der Waals surface area (Å²) in [6.07, 6.45) is 1.29. The van der Waals surface area contributed by atoms with Crippen LogP contribution in [0, 0.1) is 10.1 Å². The van der Waals surface area contributed by atoms with Crippen LogP contribution in [0.2, 0.25) is 0 Å². The SMILES string of the molecule is COc1ccc(-c2ccc(/C=N/NC(=O)c3cc(Br)ccc3OC)o2)c([N+](=O)[O-])c1. The van der Waals surface area contributed by atoms with Gasteiger partial charge >= 0.3 is 0 Å². The van der Waals surface area contributed by atoms with Crippen LogP contribution in [0.3, 0.4) is 0 Å². The lowest BCUT2D eigenvalue weighted by molar-refractivity contribution is -0.384. The zero-order valence-electron chi connectivity index (χ0n) is 15.9. The third-order valence-electron chi connectivity index (χ3n) is 4.06. The molecule has 0 spiro atoms. The number of amides is 1. The molecular formula is C20H16BrN3O6. The predicted molar refractivity (Wildman–Crippen MR) is 113 cm³/mol. The molecule has 0 saturated heterocycles. The standard InChI is InChI=1S/C20H16BrN3O6/c1-28-13-4-6-15(17(10-13)24(26)27)19-8-5-14(30-19)11-22-23-20(25)16-9-12(21)3-7-18(16)29-2/h3-11H,1-2H3,(H,23,25)/b22-11+. The van der Waals surface area contributed by atoms with Gasteiger partial charge < -0.3 is 13.9 Å². The van der Waals surface area contributed by atoms with Gasteiger partial charge in [0.25, 0.3) is 11.6 Å². The van der Waals surface area contributed by atoms with Crippen molar-refractivity contribution in [2.75, 3.05) is 14.2 Å². The molecule has 30 heavy (non-hydrogen) atoms. The number of hydrogen-bond donors (Lipinski definition) is 1. The van der Waals surface area contributed by atoms with Crippen molar-refractivity contribution >= 4 is 33.7 Å². The smallest absolute Gasteiger partial charge is 0.284 e. The maximum absolute atomic E-state index is 12.3. The van der Waals surface area contributed by atoms with Gasteiger partial charge in [-0.05, 0) is 42.5 Å². The highest BCUT2D eigenvalue weighted by Crippen LogP contribution is 2.34. The number of methoxy groups -OCH3 is 2. The Hall–Kier alpha value is -3.66. The molecule has 154 valence electrons. The topological polar surface area (TPSA) is 116 Å². The number of nitrogens with one attached hydrogen (secondary N) is 1. The minimum atomic E-state index is -0.514. The van der Waals surface area contributed by atoms with Crippen LogP contribution in [-0.4, -0.2) is 31.3 Å². The first-order valence-electron chi connectivity index (χ1n) is 8.52. The molecule has 3 rings (SSSR count). The van der Waals surface area contributed by atoms with Crippen LogP contribution in [0.25, 0.3) is 11.3 Å². The van der Waals surface area contributed by atoms with Crippen molar-refractivity contribution in [1.29, 1.82) is 0 Å². The molecule has 1 heterocycles. The Balaban J connectivity index is 1.77. The number of furan rings is 1. The molecule has 0 aliphatic carbocycles. The van der Waals surface area contributed by atoms with E-state index in [1.165, 1.54) is 32.6 Å². The number of carbonyl (C=O) groups excluding carboxylic acids is 1. The Bertz CT molecular complexity index is 1130. The first-order valence-corrected chi connectivity index (χ1v) is 9.32. The van der Waals surface area contributed by atoms with Gasteiger partial charge in [0.15, 0.2) is 0 Å². The van der Waals surface area contributed by atoms with Gasteiger partial charge in [0, 0.05) is 4.47 Å². The van der Waals surface area contributed by atoms with E-state index < -0.39 is 10.8 Å². The Kier molecular flexibility index (Phi) is 6.48. The van der Waals surface area contributed by atoms with E-state index in [-0.39, 0.29) is 11.4 Å². The molecule has 0 radical (unpaired) electrons. The number of benzene rings is 2. The number of nitro groups is 1. The molecule has 0 saturated carbocycles. The predicted octanol–water partition coefficient (Wildman–Crippen LogP) is 4.40. The molecule has 9 nitrogen and oxygen atoms in total. The number of nitro benzene ring substituents is 1. The average molecular weight is 474 g/mol. The number of ether oxygens (including phenoxy) is 2. The fraction of sp³-hybridized carbons (Fsp3) is 0.100. The fourth-order valence-electron chi connectivity index (χ4n) is 2.64. The molecule has 3 aromatic rings. The maximum atomic E-state index is 12.3. The first-order chi connectivity index (χ1) is 14.4.